The molecule has 0 radical (unpaired) electrons. The second-order valence-electron chi connectivity index (χ2n) is 4.13. The number of ether oxygens (including phenoxy) is 1. The predicted molar refractivity (Wildman–Crippen MR) is 74.1 cm³/mol. The molecule has 110 valence electrons. The van der Waals surface area contributed by atoms with Gasteiger partial charge in [0.25, 0.3) is 5.91 Å². The third-order valence-electron chi connectivity index (χ3n) is 2.78. The van der Waals surface area contributed by atoms with Gasteiger partial charge in [-0.05, 0) is 24.6 Å². The maximum Gasteiger partial charge on any atom is 0.326 e. The first kappa shape index (κ1) is 16.4. The fourth-order valence-electron chi connectivity index (χ4n) is 1.62. The SMILES string of the molecule is CCC(C(=O)O)N(C)C(=O)COc1ccc(Br)cc1F. The van der Waals surface area contributed by atoms with Crippen LogP contribution >= 0.6 is 15.9 Å². The van der Waals surface area contributed by atoms with Crippen LogP contribution in [0.25, 0.3) is 0 Å². The van der Waals surface area contributed by atoms with Crippen LogP contribution in [0, 0.1) is 5.82 Å². The van der Waals surface area contributed by atoms with E-state index in [1.807, 2.05) is 0 Å². The summed E-state index contributed by atoms with van der Waals surface area (Å²) in [6.45, 7) is 1.25. The molecule has 0 spiro atoms. The maximum absolute atomic E-state index is 13.5. The van der Waals surface area contributed by atoms with Gasteiger partial charge in [0.1, 0.15) is 6.04 Å². The Morgan fingerprint density at radius 3 is 2.65 bits per heavy atom. The molecule has 0 aliphatic rings. The topological polar surface area (TPSA) is 66.8 Å². The summed E-state index contributed by atoms with van der Waals surface area (Å²) < 4.78 is 19.1. The van der Waals surface area contributed by atoms with Gasteiger partial charge in [0, 0.05) is 11.5 Å². The number of hydrogen-bond donors (Lipinski definition) is 1. The molecule has 1 aromatic carbocycles. The highest BCUT2D eigenvalue weighted by atomic mass is 79.9. The molecule has 0 fully saturated rings. The zero-order valence-electron chi connectivity index (χ0n) is 11.1. The van der Waals surface area contributed by atoms with E-state index in [4.69, 9.17) is 9.84 Å². The number of carbonyl (C=O) groups is 2. The number of carboxylic acids is 1. The molecule has 1 atom stereocenters. The van der Waals surface area contributed by atoms with E-state index in [2.05, 4.69) is 15.9 Å². The summed E-state index contributed by atoms with van der Waals surface area (Å²) in [5.41, 5.74) is 0. The van der Waals surface area contributed by atoms with Crippen LogP contribution in [-0.4, -0.2) is 41.6 Å². The number of halogens is 2. The van der Waals surface area contributed by atoms with Crippen molar-refractivity contribution in [1.29, 1.82) is 0 Å². The first-order valence-electron chi connectivity index (χ1n) is 5.93. The number of benzene rings is 1. The molecule has 1 amide bonds. The predicted octanol–water partition coefficient (Wildman–Crippen LogP) is 2.29. The lowest BCUT2D eigenvalue weighted by Crippen LogP contribution is -2.44. The molecule has 0 bridgehead atoms. The Hall–Kier alpha value is -1.63. The number of hydrogen-bond acceptors (Lipinski definition) is 3. The Morgan fingerprint density at radius 2 is 2.15 bits per heavy atom. The van der Waals surface area contributed by atoms with Crippen molar-refractivity contribution in [3.05, 3.63) is 28.5 Å². The van der Waals surface area contributed by atoms with Crippen molar-refractivity contribution < 1.29 is 23.8 Å². The summed E-state index contributed by atoms with van der Waals surface area (Å²) in [6.07, 6.45) is 0.282. The molecule has 1 unspecified atom stereocenters. The number of aliphatic carboxylic acids is 1. The standard InChI is InChI=1S/C13H15BrFNO4/c1-3-10(13(18)19)16(2)12(17)7-20-11-5-4-8(14)6-9(11)15/h4-6,10H,3,7H2,1-2H3,(H,18,19). The molecule has 1 N–H and O–H groups in total. The van der Waals surface area contributed by atoms with Gasteiger partial charge >= 0.3 is 5.97 Å². The highest BCUT2D eigenvalue weighted by Crippen LogP contribution is 2.21. The van der Waals surface area contributed by atoms with Gasteiger partial charge in [-0.3, -0.25) is 4.79 Å². The van der Waals surface area contributed by atoms with Crippen LogP contribution in [0.15, 0.2) is 22.7 Å². The molecule has 7 heteroatoms. The van der Waals surface area contributed by atoms with Gasteiger partial charge in [0.05, 0.1) is 0 Å². The average molecular weight is 348 g/mol. The first-order chi connectivity index (χ1) is 9.36. The van der Waals surface area contributed by atoms with E-state index in [0.717, 1.165) is 4.90 Å². The highest BCUT2D eigenvalue weighted by molar-refractivity contribution is 9.10. The van der Waals surface area contributed by atoms with Crippen molar-refractivity contribution in [2.45, 2.75) is 19.4 Å². The van der Waals surface area contributed by atoms with Crippen LogP contribution in [0.5, 0.6) is 5.75 Å². The maximum atomic E-state index is 13.5. The number of nitrogens with zero attached hydrogens (tertiary/aromatic N) is 1. The monoisotopic (exact) mass is 347 g/mol. The molecular weight excluding hydrogens is 333 g/mol. The van der Waals surface area contributed by atoms with Crippen molar-refractivity contribution in [2.24, 2.45) is 0 Å². The molecule has 0 saturated carbocycles. The highest BCUT2D eigenvalue weighted by Gasteiger charge is 2.25. The van der Waals surface area contributed by atoms with E-state index in [9.17, 15) is 14.0 Å². The van der Waals surface area contributed by atoms with E-state index in [0.29, 0.717) is 4.47 Å². The molecule has 0 heterocycles. The minimum absolute atomic E-state index is 0.0571. The number of amides is 1. The molecule has 5 nitrogen and oxygen atoms in total. The van der Waals surface area contributed by atoms with E-state index in [1.54, 1.807) is 13.0 Å². The molecule has 0 saturated heterocycles. The van der Waals surface area contributed by atoms with Crippen LogP contribution in [0.2, 0.25) is 0 Å². The van der Waals surface area contributed by atoms with Crippen molar-refractivity contribution in [3.8, 4) is 5.75 Å². The fourth-order valence-corrected chi connectivity index (χ4v) is 1.95. The lowest BCUT2D eigenvalue weighted by atomic mass is 10.2. The van der Waals surface area contributed by atoms with E-state index in [-0.39, 0.29) is 12.2 Å². The Morgan fingerprint density at radius 1 is 1.50 bits per heavy atom. The summed E-state index contributed by atoms with van der Waals surface area (Å²) in [6, 6.07) is 3.27. The van der Waals surface area contributed by atoms with Crippen LogP contribution in [0.1, 0.15) is 13.3 Å². The molecule has 1 aromatic rings. The Bertz CT molecular complexity index is 509. The molecule has 20 heavy (non-hydrogen) atoms. The summed E-state index contributed by atoms with van der Waals surface area (Å²) in [5.74, 6) is -2.27. The largest absolute Gasteiger partial charge is 0.481 e. The summed E-state index contributed by atoms with van der Waals surface area (Å²) in [7, 11) is 1.38. The van der Waals surface area contributed by atoms with Gasteiger partial charge < -0.3 is 14.7 Å². The molecular formula is C13H15BrFNO4. The zero-order valence-corrected chi connectivity index (χ0v) is 12.7. The minimum Gasteiger partial charge on any atom is -0.481 e. The van der Waals surface area contributed by atoms with Crippen LogP contribution < -0.4 is 4.74 Å². The third-order valence-corrected chi connectivity index (χ3v) is 3.27. The lowest BCUT2D eigenvalue weighted by Gasteiger charge is -2.23. The molecule has 0 aromatic heterocycles. The summed E-state index contributed by atoms with van der Waals surface area (Å²) in [4.78, 5) is 23.8. The van der Waals surface area contributed by atoms with Gasteiger partial charge in [0.2, 0.25) is 0 Å². The third kappa shape index (κ3) is 4.19. The summed E-state index contributed by atoms with van der Waals surface area (Å²) >= 11 is 3.11. The van der Waals surface area contributed by atoms with Gasteiger partial charge in [-0.25, -0.2) is 9.18 Å². The number of likely N-dealkylation sites (N-methyl/N-ethyl adjacent to an activating group) is 1. The van der Waals surface area contributed by atoms with Crippen molar-refractivity contribution in [1.82, 2.24) is 4.90 Å². The van der Waals surface area contributed by atoms with Gasteiger partial charge in [-0.15, -0.1) is 0 Å². The molecule has 0 aliphatic heterocycles. The van der Waals surface area contributed by atoms with E-state index in [1.165, 1.54) is 19.2 Å². The van der Waals surface area contributed by atoms with Crippen LogP contribution in [-0.2, 0) is 9.59 Å². The average Bonchev–Trinajstić information content (AvgIpc) is 2.37. The lowest BCUT2D eigenvalue weighted by molar-refractivity contribution is -0.149. The molecule has 0 aliphatic carbocycles. The second kappa shape index (κ2) is 7.23. The second-order valence-corrected chi connectivity index (χ2v) is 5.05. The quantitative estimate of drug-likeness (QED) is 0.857. The first-order valence-corrected chi connectivity index (χ1v) is 6.72. The van der Waals surface area contributed by atoms with Crippen molar-refractivity contribution >= 4 is 27.8 Å². The zero-order chi connectivity index (χ0) is 15.3. The van der Waals surface area contributed by atoms with Crippen LogP contribution in [0.3, 0.4) is 0 Å². The molecule has 1 rings (SSSR count). The van der Waals surface area contributed by atoms with Gasteiger partial charge in [-0.1, -0.05) is 22.9 Å². The Balaban J connectivity index is 2.65. The van der Waals surface area contributed by atoms with E-state index < -0.39 is 30.3 Å². The van der Waals surface area contributed by atoms with Crippen molar-refractivity contribution in [3.63, 3.8) is 0 Å². The van der Waals surface area contributed by atoms with E-state index >= 15 is 0 Å². The smallest absolute Gasteiger partial charge is 0.326 e. The number of carboxylic acid groups (broad SMARTS) is 1. The van der Waals surface area contributed by atoms with Gasteiger partial charge in [-0.2, -0.15) is 0 Å². The number of rotatable bonds is 6. The summed E-state index contributed by atoms with van der Waals surface area (Å²) in [5, 5.41) is 8.95. The van der Waals surface area contributed by atoms with Crippen molar-refractivity contribution in [2.75, 3.05) is 13.7 Å². The van der Waals surface area contributed by atoms with Crippen LogP contribution in [0.4, 0.5) is 4.39 Å². The minimum atomic E-state index is -1.09. The normalized spacial score (nSPS) is 11.8. The number of carbonyl (C=O) groups excluding carboxylic acids is 1. The Kier molecular flexibility index (Phi) is 5.94. The van der Waals surface area contributed by atoms with Gasteiger partial charge in [0.15, 0.2) is 18.2 Å². The fraction of sp³-hybridized carbons (Fsp3) is 0.385. The Labute approximate surface area is 124 Å².